The van der Waals surface area contributed by atoms with Crippen LogP contribution in [0.25, 0.3) is 5.82 Å². The van der Waals surface area contributed by atoms with Gasteiger partial charge in [0.25, 0.3) is 0 Å². The molecule has 19 heavy (non-hydrogen) atoms. The van der Waals surface area contributed by atoms with Crippen LogP contribution in [0.4, 0.5) is 5.82 Å². The van der Waals surface area contributed by atoms with Crippen molar-refractivity contribution in [1.82, 2.24) is 35.1 Å². The van der Waals surface area contributed by atoms with Crippen molar-refractivity contribution in [2.75, 3.05) is 39.0 Å². The first-order valence-electron chi connectivity index (χ1n) is 6.13. The van der Waals surface area contributed by atoms with Crippen LogP contribution < -0.4 is 5.73 Å². The maximum absolute atomic E-state index is 5.68. The number of rotatable bonds is 3. The van der Waals surface area contributed by atoms with Crippen molar-refractivity contribution in [2.24, 2.45) is 0 Å². The molecule has 3 rings (SSSR count). The molecule has 0 bridgehead atoms. The van der Waals surface area contributed by atoms with Gasteiger partial charge in [0.15, 0.2) is 0 Å². The van der Waals surface area contributed by atoms with E-state index in [1.54, 1.807) is 10.9 Å². The van der Waals surface area contributed by atoms with Crippen molar-refractivity contribution in [3.63, 3.8) is 0 Å². The van der Waals surface area contributed by atoms with Gasteiger partial charge in [-0.1, -0.05) is 5.21 Å². The fraction of sp³-hybridized carbons (Fsp3) is 0.600. The van der Waals surface area contributed by atoms with Gasteiger partial charge in [0.2, 0.25) is 11.6 Å². The van der Waals surface area contributed by atoms with E-state index in [4.69, 9.17) is 5.73 Å². The minimum Gasteiger partial charge on any atom is -0.378 e. The predicted molar refractivity (Wildman–Crippen MR) is 66.4 cm³/mol. The number of piperazine rings is 1. The van der Waals surface area contributed by atoms with E-state index in [0.29, 0.717) is 5.82 Å². The number of nitrogens with two attached hydrogens (primary N) is 1. The average molecular weight is 264 g/mol. The molecular weight excluding hydrogens is 248 g/mol. The molecule has 0 aromatic carbocycles. The third-order valence-electron chi connectivity index (χ3n) is 3.30. The van der Waals surface area contributed by atoms with Crippen LogP contribution in [0.15, 0.2) is 10.8 Å². The molecule has 0 spiro atoms. The van der Waals surface area contributed by atoms with Gasteiger partial charge in [-0.25, -0.2) is 4.63 Å². The summed E-state index contributed by atoms with van der Waals surface area (Å²) in [5.74, 6) is 0.603. The van der Waals surface area contributed by atoms with E-state index in [2.05, 4.69) is 42.1 Å². The van der Waals surface area contributed by atoms with E-state index in [1.165, 1.54) is 0 Å². The molecule has 1 fully saturated rings. The van der Waals surface area contributed by atoms with Crippen LogP contribution in [0.3, 0.4) is 0 Å². The zero-order valence-electron chi connectivity index (χ0n) is 10.7. The Morgan fingerprint density at radius 3 is 2.74 bits per heavy atom. The lowest BCUT2D eigenvalue weighted by atomic mass is 10.3. The number of anilines is 1. The van der Waals surface area contributed by atoms with Crippen molar-refractivity contribution in [3.8, 4) is 5.82 Å². The second kappa shape index (κ2) is 4.94. The monoisotopic (exact) mass is 264 g/mol. The summed E-state index contributed by atoms with van der Waals surface area (Å²) in [6.45, 7) is 4.93. The summed E-state index contributed by atoms with van der Waals surface area (Å²) in [5.41, 5.74) is 6.60. The van der Waals surface area contributed by atoms with Gasteiger partial charge in [-0.15, -0.1) is 5.10 Å². The lowest BCUT2D eigenvalue weighted by Gasteiger charge is -2.32. The van der Waals surface area contributed by atoms with E-state index < -0.39 is 0 Å². The molecule has 9 nitrogen and oxygen atoms in total. The molecule has 2 N–H and O–H groups in total. The SMILES string of the molecule is CN1CCN(Cc2cnnn2-c2nonc2N)CC1. The highest BCUT2D eigenvalue weighted by molar-refractivity contribution is 5.44. The number of hydrogen-bond donors (Lipinski definition) is 1. The van der Waals surface area contributed by atoms with Crippen LogP contribution in [0.5, 0.6) is 0 Å². The molecule has 1 aliphatic rings. The fourth-order valence-electron chi connectivity index (χ4n) is 2.12. The van der Waals surface area contributed by atoms with E-state index in [1.807, 2.05) is 0 Å². The van der Waals surface area contributed by atoms with Gasteiger partial charge in [0.05, 0.1) is 11.9 Å². The van der Waals surface area contributed by atoms with E-state index in [0.717, 1.165) is 38.4 Å². The van der Waals surface area contributed by atoms with Gasteiger partial charge in [-0.2, -0.15) is 4.68 Å². The summed E-state index contributed by atoms with van der Waals surface area (Å²) >= 11 is 0. The number of nitrogens with zero attached hydrogens (tertiary/aromatic N) is 7. The highest BCUT2D eigenvalue weighted by atomic mass is 16.6. The van der Waals surface area contributed by atoms with Gasteiger partial charge < -0.3 is 10.6 Å². The number of likely N-dealkylation sites (N-methyl/N-ethyl adjacent to an activating group) is 1. The summed E-state index contributed by atoms with van der Waals surface area (Å²) < 4.78 is 6.17. The Morgan fingerprint density at radius 2 is 2.05 bits per heavy atom. The Bertz CT molecular complexity index is 541. The third kappa shape index (κ3) is 2.42. The van der Waals surface area contributed by atoms with Crippen molar-refractivity contribution in [2.45, 2.75) is 6.54 Å². The first kappa shape index (κ1) is 12.1. The Kier molecular flexibility index (Phi) is 3.13. The summed E-state index contributed by atoms with van der Waals surface area (Å²) in [6, 6.07) is 0. The Hall–Kier alpha value is -2.00. The van der Waals surface area contributed by atoms with Crippen molar-refractivity contribution in [3.05, 3.63) is 11.9 Å². The molecule has 0 aliphatic carbocycles. The van der Waals surface area contributed by atoms with E-state index >= 15 is 0 Å². The maximum atomic E-state index is 5.68. The standard InChI is InChI=1S/C10H16N8O/c1-16-2-4-17(5-3-16)7-8-6-12-15-18(8)10-9(11)13-19-14-10/h6H,2-5,7H2,1H3,(H2,11,13). The van der Waals surface area contributed by atoms with Crippen LogP contribution >= 0.6 is 0 Å². The zero-order chi connectivity index (χ0) is 13.2. The smallest absolute Gasteiger partial charge is 0.243 e. The van der Waals surface area contributed by atoms with Gasteiger partial charge in [-0.05, 0) is 17.4 Å². The summed E-state index contributed by atoms with van der Waals surface area (Å²) in [4.78, 5) is 4.66. The molecule has 0 atom stereocenters. The van der Waals surface area contributed by atoms with E-state index in [9.17, 15) is 0 Å². The molecular formula is C10H16N8O. The van der Waals surface area contributed by atoms with Gasteiger partial charge in [-0.3, -0.25) is 4.90 Å². The van der Waals surface area contributed by atoms with Crippen LogP contribution in [-0.4, -0.2) is 68.3 Å². The van der Waals surface area contributed by atoms with Crippen LogP contribution in [0.2, 0.25) is 0 Å². The van der Waals surface area contributed by atoms with Gasteiger partial charge >= 0.3 is 0 Å². The first-order chi connectivity index (χ1) is 9.24. The highest BCUT2D eigenvalue weighted by Crippen LogP contribution is 2.14. The van der Waals surface area contributed by atoms with Crippen molar-refractivity contribution < 1.29 is 4.63 Å². The highest BCUT2D eigenvalue weighted by Gasteiger charge is 2.19. The number of nitrogen functional groups attached to an aromatic ring is 1. The molecule has 2 aromatic rings. The summed E-state index contributed by atoms with van der Waals surface area (Å²) in [6.07, 6.45) is 1.71. The largest absolute Gasteiger partial charge is 0.378 e. The molecule has 0 radical (unpaired) electrons. The number of aromatic nitrogens is 5. The molecule has 2 aromatic heterocycles. The second-order valence-electron chi connectivity index (χ2n) is 4.69. The fourth-order valence-corrected chi connectivity index (χ4v) is 2.12. The Labute approximate surface area is 109 Å². The van der Waals surface area contributed by atoms with Crippen molar-refractivity contribution >= 4 is 5.82 Å². The zero-order valence-corrected chi connectivity index (χ0v) is 10.7. The first-order valence-corrected chi connectivity index (χ1v) is 6.13. The molecule has 0 saturated carbocycles. The van der Waals surface area contributed by atoms with Gasteiger partial charge in [0, 0.05) is 32.7 Å². The van der Waals surface area contributed by atoms with E-state index in [-0.39, 0.29) is 5.82 Å². The van der Waals surface area contributed by atoms with Crippen molar-refractivity contribution in [1.29, 1.82) is 0 Å². The van der Waals surface area contributed by atoms with Crippen LogP contribution in [0, 0.1) is 0 Å². The molecule has 102 valence electrons. The second-order valence-corrected chi connectivity index (χ2v) is 4.69. The molecule has 1 saturated heterocycles. The minimum atomic E-state index is 0.213. The molecule has 1 aliphatic heterocycles. The Morgan fingerprint density at radius 1 is 1.26 bits per heavy atom. The topological polar surface area (TPSA) is 102 Å². The predicted octanol–water partition coefficient (Wildman–Crippen LogP) is -1.02. The van der Waals surface area contributed by atoms with Gasteiger partial charge in [0.1, 0.15) is 0 Å². The average Bonchev–Trinajstić information content (AvgIpc) is 3.01. The molecule has 3 heterocycles. The molecule has 0 unspecified atom stereocenters. The maximum Gasteiger partial charge on any atom is 0.243 e. The Balaban J connectivity index is 1.76. The summed E-state index contributed by atoms with van der Waals surface area (Å²) in [5, 5.41) is 15.2. The van der Waals surface area contributed by atoms with Crippen LogP contribution in [-0.2, 0) is 6.54 Å². The number of hydrogen-bond acceptors (Lipinski definition) is 8. The third-order valence-corrected chi connectivity index (χ3v) is 3.30. The minimum absolute atomic E-state index is 0.213. The normalized spacial score (nSPS) is 17.9. The molecule has 0 amide bonds. The summed E-state index contributed by atoms with van der Waals surface area (Å²) in [7, 11) is 2.13. The lowest BCUT2D eigenvalue weighted by Crippen LogP contribution is -2.44. The quantitative estimate of drug-likeness (QED) is 0.751. The lowest BCUT2D eigenvalue weighted by molar-refractivity contribution is 0.146. The van der Waals surface area contributed by atoms with Crippen LogP contribution in [0.1, 0.15) is 5.69 Å². The molecule has 9 heteroatoms.